The molecule has 2 atom stereocenters. The fraction of sp³-hybridized carbons (Fsp3) is 0.800. The van der Waals surface area contributed by atoms with Gasteiger partial charge in [-0.25, -0.2) is 0 Å². The Morgan fingerprint density at radius 3 is 2.87 bits per heavy atom. The minimum Gasteiger partial charge on any atom is -0.372 e. The second-order valence-corrected chi connectivity index (χ2v) is 3.90. The number of likely N-dealkylation sites (tertiary alicyclic amines) is 1. The number of amides is 2. The SMILES string of the molecule is COC(C)C(=O)NC1CCC(=O)N(C)C1. The van der Waals surface area contributed by atoms with E-state index < -0.39 is 6.10 Å². The third-order valence-electron chi connectivity index (χ3n) is 2.70. The van der Waals surface area contributed by atoms with Crippen molar-refractivity contribution < 1.29 is 14.3 Å². The van der Waals surface area contributed by atoms with Crippen LogP contribution >= 0.6 is 0 Å². The van der Waals surface area contributed by atoms with E-state index in [0.29, 0.717) is 19.4 Å². The fourth-order valence-electron chi connectivity index (χ4n) is 1.56. The smallest absolute Gasteiger partial charge is 0.249 e. The van der Waals surface area contributed by atoms with Crippen LogP contribution in [0.15, 0.2) is 0 Å². The Hall–Kier alpha value is -1.10. The number of hydrogen-bond donors (Lipinski definition) is 1. The number of methoxy groups -OCH3 is 1. The molecule has 1 heterocycles. The van der Waals surface area contributed by atoms with Crippen LogP contribution in [0.2, 0.25) is 0 Å². The lowest BCUT2D eigenvalue weighted by Crippen LogP contribution is -2.50. The number of nitrogens with zero attached hydrogens (tertiary/aromatic N) is 1. The lowest BCUT2D eigenvalue weighted by molar-refractivity contribution is -0.136. The van der Waals surface area contributed by atoms with Gasteiger partial charge in [0.1, 0.15) is 6.10 Å². The summed E-state index contributed by atoms with van der Waals surface area (Å²) in [6.45, 7) is 2.29. The van der Waals surface area contributed by atoms with Crippen LogP contribution in [0.5, 0.6) is 0 Å². The van der Waals surface area contributed by atoms with E-state index in [-0.39, 0.29) is 17.9 Å². The molecular weight excluding hydrogens is 196 g/mol. The van der Waals surface area contributed by atoms with Crippen molar-refractivity contribution >= 4 is 11.8 Å². The molecular formula is C10H18N2O3. The van der Waals surface area contributed by atoms with Gasteiger partial charge < -0.3 is 15.0 Å². The highest BCUT2D eigenvalue weighted by Crippen LogP contribution is 2.09. The predicted octanol–water partition coefficient (Wildman–Crippen LogP) is -0.242. The van der Waals surface area contributed by atoms with Crippen molar-refractivity contribution in [3.05, 3.63) is 0 Å². The summed E-state index contributed by atoms with van der Waals surface area (Å²) in [6, 6.07) is 0.0535. The Bertz CT molecular complexity index is 255. The standard InChI is InChI=1S/C10H18N2O3/c1-7(15-3)10(14)11-8-4-5-9(13)12(2)6-8/h7-8H,4-6H2,1-3H3,(H,11,14). The van der Waals surface area contributed by atoms with Crippen molar-refractivity contribution in [2.75, 3.05) is 20.7 Å². The van der Waals surface area contributed by atoms with Gasteiger partial charge >= 0.3 is 0 Å². The molecule has 5 nitrogen and oxygen atoms in total. The number of piperidine rings is 1. The zero-order valence-electron chi connectivity index (χ0n) is 9.45. The highest BCUT2D eigenvalue weighted by atomic mass is 16.5. The lowest BCUT2D eigenvalue weighted by Gasteiger charge is -2.30. The van der Waals surface area contributed by atoms with Gasteiger partial charge in [0.2, 0.25) is 11.8 Å². The molecule has 0 radical (unpaired) electrons. The molecule has 1 saturated heterocycles. The van der Waals surface area contributed by atoms with Crippen molar-refractivity contribution in [1.82, 2.24) is 10.2 Å². The van der Waals surface area contributed by atoms with Gasteiger partial charge in [-0.1, -0.05) is 0 Å². The van der Waals surface area contributed by atoms with E-state index in [0.717, 1.165) is 0 Å². The molecule has 1 aliphatic heterocycles. The van der Waals surface area contributed by atoms with Gasteiger partial charge in [0.15, 0.2) is 0 Å². The molecule has 1 rings (SSSR count). The molecule has 86 valence electrons. The summed E-state index contributed by atoms with van der Waals surface area (Å²) in [6.07, 6.45) is 0.779. The van der Waals surface area contributed by atoms with Crippen molar-refractivity contribution in [3.8, 4) is 0 Å². The molecule has 0 saturated carbocycles. The Labute approximate surface area is 89.8 Å². The van der Waals surface area contributed by atoms with Gasteiger partial charge in [-0.3, -0.25) is 9.59 Å². The fourth-order valence-corrected chi connectivity index (χ4v) is 1.56. The maximum atomic E-state index is 11.5. The highest BCUT2D eigenvalue weighted by molar-refractivity contribution is 5.81. The van der Waals surface area contributed by atoms with Crippen molar-refractivity contribution in [1.29, 1.82) is 0 Å². The largest absolute Gasteiger partial charge is 0.372 e. The summed E-state index contributed by atoms with van der Waals surface area (Å²) < 4.78 is 4.91. The minimum atomic E-state index is -0.437. The van der Waals surface area contributed by atoms with Crippen LogP contribution in [0, 0.1) is 0 Å². The first-order valence-electron chi connectivity index (χ1n) is 5.11. The molecule has 5 heteroatoms. The van der Waals surface area contributed by atoms with Crippen LogP contribution in [0.25, 0.3) is 0 Å². The van der Waals surface area contributed by atoms with Gasteiger partial charge in [-0.15, -0.1) is 0 Å². The Morgan fingerprint density at radius 2 is 2.33 bits per heavy atom. The molecule has 0 aromatic rings. The molecule has 1 aliphatic rings. The number of carbonyl (C=O) groups excluding carboxylic acids is 2. The first-order chi connectivity index (χ1) is 7.04. The molecule has 2 unspecified atom stereocenters. The summed E-state index contributed by atoms with van der Waals surface area (Å²) in [4.78, 5) is 24.3. The van der Waals surface area contributed by atoms with Crippen LogP contribution < -0.4 is 5.32 Å². The van der Waals surface area contributed by atoms with Crippen molar-refractivity contribution in [2.45, 2.75) is 31.9 Å². The van der Waals surface area contributed by atoms with Crippen molar-refractivity contribution in [2.24, 2.45) is 0 Å². The van der Waals surface area contributed by atoms with E-state index in [1.807, 2.05) is 0 Å². The van der Waals surface area contributed by atoms with E-state index in [1.54, 1.807) is 18.9 Å². The highest BCUT2D eigenvalue weighted by Gasteiger charge is 2.25. The summed E-state index contributed by atoms with van der Waals surface area (Å²) in [7, 11) is 3.25. The van der Waals surface area contributed by atoms with Crippen LogP contribution in [0.4, 0.5) is 0 Å². The Kier molecular flexibility index (Phi) is 4.08. The van der Waals surface area contributed by atoms with Gasteiger partial charge in [0.25, 0.3) is 0 Å². The summed E-state index contributed by atoms with van der Waals surface area (Å²) in [5, 5.41) is 2.86. The molecule has 0 bridgehead atoms. The number of hydrogen-bond acceptors (Lipinski definition) is 3. The number of likely N-dealkylation sites (N-methyl/N-ethyl adjacent to an activating group) is 1. The van der Waals surface area contributed by atoms with Gasteiger partial charge in [0.05, 0.1) is 0 Å². The second kappa shape index (κ2) is 5.11. The lowest BCUT2D eigenvalue weighted by atomic mass is 10.1. The summed E-state index contributed by atoms with van der Waals surface area (Å²) in [5.74, 6) is 0.0190. The second-order valence-electron chi connectivity index (χ2n) is 3.90. The molecule has 0 aromatic heterocycles. The first kappa shape index (κ1) is 12.0. The van der Waals surface area contributed by atoms with Gasteiger partial charge in [0, 0.05) is 33.2 Å². The average molecular weight is 214 g/mol. The van der Waals surface area contributed by atoms with Crippen molar-refractivity contribution in [3.63, 3.8) is 0 Å². The molecule has 1 N–H and O–H groups in total. The van der Waals surface area contributed by atoms with Crippen LogP contribution in [0.3, 0.4) is 0 Å². The van der Waals surface area contributed by atoms with Gasteiger partial charge in [-0.05, 0) is 13.3 Å². The Morgan fingerprint density at radius 1 is 1.67 bits per heavy atom. The number of rotatable bonds is 3. The van der Waals surface area contributed by atoms with Crippen LogP contribution in [-0.2, 0) is 14.3 Å². The quantitative estimate of drug-likeness (QED) is 0.705. The van der Waals surface area contributed by atoms with E-state index in [1.165, 1.54) is 7.11 Å². The third kappa shape index (κ3) is 3.20. The average Bonchev–Trinajstić information content (AvgIpc) is 2.22. The maximum absolute atomic E-state index is 11.5. The topological polar surface area (TPSA) is 58.6 Å². The summed E-state index contributed by atoms with van der Waals surface area (Å²) in [5.41, 5.74) is 0. The molecule has 0 spiro atoms. The third-order valence-corrected chi connectivity index (χ3v) is 2.70. The zero-order chi connectivity index (χ0) is 11.4. The minimum absolute atomic E-state index is 0.0535. The number of ether oxygens (including phenoxy) is 1. The normalized spacial score (nSPS) is 23.8. The molecule has 2 amide bonds. The maximum Gasteiger partial charge on any atom is 0.249 e. The zero-order valence-corrected chi connectivity index (χ0v) is 9.45. The molecule has 0 aromatic carbocycles. The molecule has 1 fully saturated rings. The van der Waals surface area contributed by atoms with E-state index in [9.17, 15) is 9.59 Å². The monoisotopic (exact) mass is 214 g/mol. The predicted molar refractivity (Wildman–Crippen MR) is 55.3 cm³/mol. The van der Waals surface area contributed by atoms with E-state index in [4.69, 9.17) is 4.74 Å². The Balaban J connectivity index is 2.40. The summed E-state index contributed by atoms with van der Waals surface area (Å²) >= 11 is 0. The van der Waals surface area contributed by atoms with E-state index in [2.05, 4.69) is 5.32 Å². The molecule has 0 aliphatic carbocycles. The number of carbonyl (C=O) groups is 2. The van der Waals surface area contributed by atoms with Crippen LogP contribution in [-0.4, -0.2) is 49.6 Å². The van der Waals surface area contributed by atoms with Gasteiger partial charge in [-0.2, -0.15) is 0 Å². The van der Waals surface area contributed by atoms with Crippen LogP contribution in [0.1, 0.15) is 19.8 Å². The molecule has 15 heavy (non-hydrogen) atoms. The number of nitrogens with one attached hydrogen (secondary N) is 1. The van der Waals surface area contributed by atoms with E-state index >= 15 is 0 Å². The first-order valence-corrected chi connectivity index (χ1v) is 5.11.